The van der Waals surface area contributed by atoms with Gasteiger partial charge in [-0.3, -0.25) is 0 Å². The number of nitrogens with one attached hydrogen (secondary N) is 1. The first-order valence-electron chi connectivity index (χ1n) is 6.78. The SMILES string of the molecule is CC1(C)CCCC(Nc2cc(F)cc(F)c2F)CC1. The van der Waals surface area contributed by atoms with Gasteiger partial charge in [-0.25, -0.2) is 13.2 Å². The van der Waals surface area contributed by atoms with Crippen LogP contribution in [0.25, 0.3) is 0 Å². The Bertz CT molecular complexity index is 457. The second kappa shape index (κ2) is 5.43. The Hall–Kier alpha value is -1.19. The van der Waals surface area contributed by atoms with Crippen LogP contribution in [0.3, 0.4) is 0 Å². The van der Waals surface area contributed by atoms with Gasteiger partial charge >= 0.3 is 0 Å². The molecule has 0 aliphatic heterocycles. The number of halogens is 3. The fraction of sp³-hybridized carbons (Fsp3) is 0.600. The van der Waals surface area contributed by atoms with Crippen molar-refractivity contribution in [3.8, 4) is 0 Å². The second-order valence-corrected chi connectivity index (χ2v) is 6.19. The zero-order valence-electron chi connectivity index (χ0n) is 11.4. The van der Waals surface area contributed by atoms with E-state index < -0.39 is 17.5 Å². The van der Waals surface area contributed by atoms with Crippen LogP contribution in [-0.4, -0.2) is 6.04 Å². The van der Waals surface area contributed by atoms with Crippen LogP contribution in [0, 0.1) is 22.9 Å². The molecule has 19 heavy (non-hydrogen) atoms. The van der Waals surface area contributed by atoms with E-state index >= 15 is 0 Å². The Kier molecular flexibility index (Phi) is 4.07. The lowest BCUT2D eigenvalue weighted by Gasteiger charge is -2.22. The Morgan fingerprint density at radius 1 is 1.11 bits per heavy atom. The van der Waals surface area contributed by atoms with Gasteiger partial charge < -0.3 is 5.32 Å². The maximum atomic E-state index is 13.6. The van der Waals surface area contributed by atoms with Crippen LogP contribution in [0.15, 0.2) is 12.1 Å². The first kappa shape index (κ1) is 14.2. The van der Waals surface area contributed by atoms with E-state index in [4.69, 9.17) is 0 Å². The molecule has 1 unspecified atom stereocenters. The molecule has 0 radical (unpaired) electrons. The third-order valence-corrected chi connectivity index (χ3v) is 3.93. The molecule has 4 heteroatoms. The van der Waals surface area contributed by atoms with Crippen LogP contribution in [0.1, 0.15) is 46.0 Å². The predicted molar refractivity (Wildman–Crippen MR) is 70.6 cm³/mol. The monoisotopic (exact) mass is 271 g/mol. The zero-order chi connectivity index (χ0) is 14.0. The first-order valence-corrected chi connectivity index (χ1v) is 6.78. The Balaban J connectivity index is 2.09. The highest BCUT2D eigenvalue weighted by Gasteiger charge is 2.25. The highest BCUT2D eigenvalue weighted by molar-refractivity contribution is 5.46. The van der Waals surface area contributed by atoms with Crippen LogP contribution in [0.5, 0.6) is 0 Å². The van der Waals surface area contributed by atoms with Crippen LogP contribution >= 0.6 is 0 Å². The van der Waals surface area contributed by atoms with Crippen molar-refractivity contribution in [3.63, 3.8) is 0 Å². The molecule has 1 aromatic carbocycles. The second-order valence-electron chi connectivity index (χ2n) is 6.19. The van der Waals surface area contributed by atoms with Gasteiger partial charge in [-0.2, -0.15) is 0 Å². The molecular weight excluding hydrogens is 251 g/mol. The van der Waals surface area contributed by atoms with Crippen LogP contribution in [0.4, 0.5) is 18.9 Å². The maximum Gasteiger partial charge on any atom is 0.182 e. The van der Waals surface area contributed by atoms with Gasteiger partial charge in [-0.1, -0.05) is 20.3 Å². The van der Waals surface area contributed by atoms with E-state index in [0.29, 0.717) is 11.5 Å². The van der Waals surface area contributed by atoms with E-state index in [-0.39, 0.29) is 11.7 Å². The topological polar surface area (TPSA) is 12.0 Å². The van der Waals surface area contributed by atoms with Crippen LogP contribution in [0.2, 0.25) is 0 Å². The van der Waals surface area contributed by atoms with Gasteiger partial charge in [-0.15, -0.1) is 0 Å². The molecule has 1 aliphatic carbocycles. The summed E-state index contributed by atoms with van der Waals surface area (Å²) in [6, 6.07) is 1.67. The van der Waals surface area contributed by atoms with Gasteiger partial charge in [0.2, 0.25) is 0 Å². The molecule has 0 bridgehead atoms. The van der Waals surface area contributed by atoms with Crippen molar-refractivity contribution in [2.24, 2.45) is 5.41 Å². The van der Waals surface area contributed by atoms with Crippen molar-refractivity contribution >= 4 is 5.69 Å². The minimum atomic E-state index is -1.14. The molecular formula is C15H20F3N. The van der Waals surface area contributed by atoms with Gasteiger partial charge in [0.25, 0.3) is 0 Å². The van der Waals surface area contributed by atoms with E-state index in [1.165, 1.54) is 0 Å². The Labute approximate surface area is 112 Å². The Morgan fingerprint density at radius 2 is 1.84 bits per heavy atom. The lowest BCUT2D eigenvalue weighted by atomic mass is 9.85. The summed E-state index contributed by atoms with van der Waals surface area (Å²) in [5, 5.41) is 2.95. The summed E-state index contributed by atoms with van der Waals surface area (Å²) in [6.45, 7) is 4.44. The molecule has 106 valence electrons. The van der Waals surface area contributed by atoms with Crippen LogP contribution < -0.4 is 5.32 Å². The molecule has 2 rings (SSSR count). The van der Waals surface area contributed by atoms with Crippen molar-refractivity contribution < 1.29 is 13.2 Å². The minimum Gasteiger partial charge on any atom is -0.380 e. The summed E-state index contributed by atoms with van der Waals surface area (Å²) >= 11 is 0. The van der Waals surface area contributed by atoms with Crippen molar-refractivity contribution in [3.05, 3.63) is 29.6 Å². The molecule has 1 aromatic rings. The molecule has 1 fully saturated rings. The average molecular weight is 271 g/mol. The highest BCUT2D eigenvalue weighted by atomic mass is 19.2. The lowest BCUT2D eigenvalue weighted by Crippen LogP contribution is -2.20. The van der Waals surface area contributed by atoms with Gasteiger partial charge in [0.05, 0.1) is 5.69 Å². The molecule has 1 N–H and O–H groups in total. The summed E-state index contributed by atoms with van der Waals surface area (Å²) in [7, 11) is 0. The smallest absolute Gasteiger partial charge is 0.182 e. The number of benzene rings is 1. The summed E-state index contributed by atoms with van der Waals surface area (Å²) in [5.41, 5.74) is 0.226. The number of hydrogen-bond donors (Lipinski definition) is 1. The molecule has 1 atom stereocenters. The van der Waals surface area contributed by atoms with Crippen molar-refractivity contribution in [2.75, 3.05) is 5.32 Å². The van der Waals surface area contributed by atoms with Crippen LogP contribution in [-0.2, 0) is 0 Å². The standard InChI is InChI=1S/C15H20F3N/c1-15(2)6-3-4-11(5-7-15)19-13-9-10(16)8-12(17)14(13)18/h8-9,11,19H,3-7H2,1-2H3. The number of rotatable bonds is 2. The van der Waals surface area contributed by atoms with Gasteiger partial charge in [0, 0.05) is 18.2 Å². The largest absolute Gasteiger partial charge is 0.380 e. The fourth-order valence-corrected chi connectivity index (χ4v) is 2.69. The molecule has 1 saturated carbocycles. The fourth-order valence-electron chi connectivity index (χ4n) is 2.69. The van der Waals surface area contributed by atoms with E-state index in [9.17, 15) is 13.2 Å². The average Bonchev–Trinajstić information content (AvgIpc) is 2.47. The first-order chi connectivity index (χ1) is 8.87. The summed E-state index contributed by atoms with van der Waals surface area (Å²) in [4.78, 5) is 0. The van der Waals surface area contributed by atoms with E-state index in [1.54, 1.807) is 0 Å². The molecule has 0 spiro atoms. The summed E-state index contributed by atoms with van der Waals surface area (Å²) in [5.74, 6) is -2.89. The number of anilines is 1. The van der Waals surface area contributed by atoms with Crippen molar-refractivity contribution in [2.45, 2.75) is 52.0 Å². The van der Waals surface area contributed by atoms with E-state index in [2.05, 4.69) is 19.2 Å². The third kappa shape index (κ3) is 3.64. The summed E-state index contributed by atoms with van der Waals surface area (Å²) in [6.07, 6.45) is 5.00. The maximum absolute atomic E-state index is 13.6. The molecule has 0 saturated heterocycles. The molecule has 0 amide bonds. The van der Waals surface area contributed by atoms with E-state index in [1.807, 2.05) is 0 Å². The summed E-state index contributed by atoms with van der Waals surface area (Å²) < 4.78 is 39.8. The third-order valence-electron chi connectivity index (χ3n) is 3.93. The normalized spacial score (nSPS) is 22.9. The molecule has 0 heterocycles. The minimum absolute atomic E-state index is 0.0674. The Morgan fingerprint density at radius 3 is 2.58 bits per heavy atom. The van der Waals surface area contributed by atoms with E-state index in [0.717, 1.165) is 38.2 Å². The molecule has 1 aliphatic rings. The van der Waals surface area contributed by atoms with Gasteiger partial charge in [0.15, 0.2) is 11.6 Å². The molecule has 1 nitrogen and oxygen atoms in total. The predicted octanol–water partition coefficient (Wildman–Crippen LogP) is 4.87. The van der Waals surface area contributed by atoms with Gasteiger partial charge in [-0.05, 0) is 31.1 Å². The van der Waals surface area contributed by atoms with Crippen molar-refractivity contribution in [1.82, 2.24) is 0 Å². The lowest BCUT2D eigenvalue weighted by molar-refractivity contribution is 0.313. The zero-order valence-corrected chi connectivity index (χ0v) is 11.4. The van der Waals surface area contributed by atoms with Crippen molar-refractivity contribution in [1.29, 1.82) is 0 Å². The highest BCUT2D eigenvalue weighted by Crippen LogP contribution is 2.35. The molecule has 0 aromatic heterocycles. The van der Waals surface area contributed by atoms with Gasteiger partial charge in [0.1, 0.15) is 5.82 Å². The number of hydrogen-bond acceptors (Lipinski definition) is 1. The quantitative estimate of drug-likeness (QED) is 0.597.